The number of pyridine rings is 2. The van der Waals surface area contributed by atoms with E-state index in [0.717, 1.165) is 16.6 Å². The van der Waals surface area contributed by atoms with Crippen LogP contribution in [0.15, 0.2) is 29.2 Å². The van der Waals surface area contributed by atoms with Crippen molar-refractivity contribution in [2.75, 3.05) is 0 Å². The normalized spacial score (nSPS) is 10.4. The Bertz CT molecular complexity index is 473. The van der Waals surface area contributed by atoms with Crippen LogP contribution >= 0.6 is 0 Å². The lowest BCUT2D eigenvalue weighted by molar-refractivity contribution is 1.25. The molecule has 60 valence electrons. The Morgan fingerprint density at radius 2 is 2.25 bits per heavy atom. The molecule has 2 aromatic rings. The van der Waals surface area contributed by atoms with Gasteiger partial charge in [-0.05, 0) is 24.6 Å². The first-order valence-electron chi connectivity index (χ1n) is 3.71. The topological polar surface area (TPSA) is 45.8 Å². The molecule has 3 heteroatoms. The third kappa shape index (κ3) is 1.09. The lowest BCUT2D eigenvalue weighted by Gasteiger charge is -1.96. The number of hydrogen-bond donors (Lipinski definition) is 1. The number of fused-ring (bicyclic) bond motifs is 1. The first kappa shape index (κ1) is 7.03. The highest BCUT2D eigenvalue weighted by atomic mass is 16.1. The van der Waals surface area contributed by atoms with Crippen molar-refractivity contribution in [3.8, 4) is 0 Å². The van der Waals surface area contributed by atoms with Gasteiger partial charge in [-0.25, -0.2) is 0 Å². The molecule has 0 fully saturated rings. The number of nitrogens with zero attached hydrogens (tertiary/aromatic N) is 1. The molecule has 1 N–H and O–H groups in total. The number of nitrogens with one attached hydrogen (secondary N) is 1. The average molecular weight is 160 g/mol. The molecule has 2 rings (SSSR count). The molecule has 12 heavy (non-hydrogen) atoms. The predicted octanol–water partition coefficient (Wildman–Crippen LogP) is 1.23. The number of aromatic amines is 1. The van der Waals surface area contributed by atoms with Gasteiger partial charge < -0.3 is 4.98 Å². The maximum absolute atomic E-state index is 10.9. The molecular weight excluding hydrogens is 152 g/mol. The van der Waals surface area contributed by atoms with Crippen molar-refractivity contribution in [1.29, 1.82) is 0 Å². The highest BCUT2D eigenvalue weighted by Gasteiger charge is 1.94. The Kier molecular flexibility index (Phi) is 1.43. The van der Waals surface area contributed by atoms with E-state index < -0.39 is 0 Å². The fourth-order valence-corrected chi connectivity index (χ4v) is 1.14. The van der Waals surface area contributed by atoms with E-state index in [0.29, 0.717) is 0 Å². The number of rotatable bonds is 0. The first-order valence-corrected chi connectivity index (χ1v) is 3.71. The highest BCUT2D eigenvalue weighted by Crippen LogP contribution is 2.06. The third-order valence-electron chi connectivity index (χ3n) is 1.71. The van der Waals surface area contributed by atoms with Crippen molar-refractivity contribution in [2.24, 2.45) is 0 Å². The third-order valence-corrected chi connectivity index (χ3v) is 1.71. The second-order valence-corrected chi connectivity index (χ2v) is 2.77. The van der Waals surface area contributed by atoms with E-state index in [9.17, 15) is 4.79 Å². The van der Waals surface area contributed by atoms with Crippen LogP contribution in [0.4, 0.5) is 0 Å². The van der Waals surface area contributed by atoms with Gasteiger partial charge in [-0.1, -0.05) is 0 Å². The highest BCUT2D eigenvalue weighted by molar-refractivity contribution is 5.73. The average Bonchev–Trinajstić information content (AvgIpc) is 2.03. The summed E-state index contributed by atoms with van der Waals surface area (Å²) in [5.41, 5.74) is 2.57. The maximum Gasteiger partial charge on any atom is 0.248 e. The van der Waals surface area contributed by atoms with Crippen LogP contribution in [0.5, 0.6) is 0 Å². The van der Waals surface area contributed by atoms with Gasteiger partial charge in [0.15, 0.2) is 0 Å². The number of aromatic nitrogens is 2. The minimum absolute atomic E-state index is 0.0881. The van der Waals surface area contributed by atoms with E-state index in [-0.39, 0.29) is 5.56 Å². The molecule has 3 nitrogen and oxygen atoms in total. The Morgan fingerprint density at radius 1 is 1.42 bits per heavy atom. The molecular formula is C9H8N2O. The van der Waals surface area contributed by atoms with Crippen molar-refractivity contribution >= 4 is 11.0 Å². The van der Waals surface area contributed by atoms with Gasteiger partial charge in [0.25, 0.3) is 0 Å². The lowest BCUT2D eigenvalue weighted by atomic mass is 10.2. The summed E-state index contributed by atoms with van der Waals surface area (Å²) >= 11 is 0. The maximum atomic E-state index is 10.9. The quantitative estimate of drug-likeness (QED) is 0.630. The van der Waals surface area contributed by atoms with Crippen LogP contribution in [0.2, 0.25) is 0 Å². The van der Waals surface area contributed by atoms with Gasteiger partial charge in [0.1, 0.15) is 0 Å². The molecule has 0 radical (unpaired) electrons. The zero-order valence-corrected chi connectivity index (χ0v) is 6.66. The first-order chi connectivity index (χ1) is 5.75. The summed E-state index contributed by atoms with van der Waals surface area (Å²) in [5.74, 6) is 0. The molecule has 2 aromatic heterocycles. The minimum atomic E-state index is -0.0881. The summed E-state index contributed by atoms with van der Waals surface area (Å²) < 4.78 is 0. The molecule has 0 aromatic carbocycles. The molecule has 0 bridgehead atoms. The van der Waals surface area contributed by atoms with Gasteiger partial charge in [-0.15, -0.1) is 0 Å². The number of H-pyrrole nitrogens is 1. The van der Waals surface area contributed by atoms with Crippen molar-refractivity contribution in [3.63, 3.8) is 0 Å². The van der Waals surface area contributed by atoms with Crippen LogP contribution in [-0.4, -0.2) is 9.97 Å². The van der Waals surface area contributed by atoms with Crippen molar-refractivity contribution < 1.29 is 0 Å². The smallest absolute Gasteiger partial charge is 0.248 e. The van der Waals surface area contributed by atoms with E-state index in [2.05, 4.69) is 9.97 Å². The molecule has 0 saturated carbocycles. The van der Waals surface area contributed by atoms with Crippen molar-refractivity contribution in [2.45, 2.75) is 6.92 Å². The van der Waals surface area contributed by atoms with E-state index in [4.69, 9.17) is 0 Å². The van der Waals surface area contributed by atoms with Gasteiger partial charge in [0.2, 0.25) is 5.56 Å². The van der Waals surface area contributed by atoms with Crippen LogP contribution in [0.25, 0.3) is 11.0 Å². The standard InChI is InChI=1S/C9H8N2O/c1-6-4-8-7(10-5-6)2-3-9(12)11-8/h2-5H,1H3,(H,11,12). The van der Waals surface area contributed by atoms with Gasteiger partial charge in [-0.2, -0.15) is 0 Å². The van der Waals surface area contributed by atoms with Crippen molar-refractivity contribution in [1.82, 2.24) is 9.97 Å². The molecule has 0 unspecified atom stereocenters. The fourth-order valence-electron chi connectivity index (χ4n) is 1.14. The zero-order chi connectivity index (χ0) is 8.55. The zero-order valence-electron chi connectivity index (χ0n) is 6.66. The van der Waals surface area contributed by atoms with Crippen LogP contribution in [0.1, 0.15) is 5.56 Å². The van der Waals surface area contributed by atoms with Crippen LogP contribution in [0.3, 0.4) is 0 Å². The molecule has 2 heterocycles. The summed E-state index contributed by atoms with van der Waals surface area (Å²) in [7, 11) is 0. The second kappa shape index (κ2) is 2.44. The van der Waals surface area contributed by atoms with Crippen LogP contribution < -0.4 is 5.56 Å². The van der Waals surface area contributed by atoms with E-state index in [1.807, 2.05) is 13.0 Å². The van der Waals surface area contributed by atoms with Crippen LogP contribution in [0, 0.1) is 6.92 Å². The minimum Gasteiger partial charge on any atom is -0.321 e. The summed E-state index contributed by atoms with van der Waals surface area (Å²) in [6.45, 7) is 1.94. The lowest BCUT2D eigenvalue weighted by Crippen LogP contribution is -2.02. The summed E-state index contributed by atoms with van der Waals surface area (Å²) in [6.07, 6.45) is 1.78. The van der Waals surface area contributed by atoms with Gasteiger partial charge >= 0.3 is 0 Å². The van der Waals surface area contributed by atoms with E-state index >= 15 is 0 Å². The van der Waals surface area contributed by atoms with Gasteiger partial charge in [-0.3, -0.25) is 9.78 Å². The molecule has 0 amide bonds. The SMILES string of the molecule is Cc1cnc2ccc(=O)[nH]c2c1. The van der Waals surface area contributed by atoms with Gasteiger partial charge in [0.05, 0.1) is 11.0 Å². The van der Waals surface area contributed by atoms with E-state index in [1.54, 1.807) is 12.3 Å². The summed E-state index contributed by atoms with van der Waals surface area (Å²) in [5, 5.41) is 0. The molecule has 0 aliphatic heterocycles. The molecule has 0 atom stereocenters. The molecule has 0 spiro atoms. The number of hydrogen-bond acceptors (Lipinski definition) is 2. The molecule has 0 aliphatic rings. The molecule has 0 saturated heterocycles. The predicted molar refractivity (Wildman–Crippen MR) is 47.1 cm³/mol. The molecule has 0 aliphatic carbocycles. The Hall–Kier alpha value is -1.64. The van der Waals surface area contributed by atoms with Crippen molar-refractivity contribution in [3.05, 3.63) is 40.3 Å². The fraction of sp³-hybridized carbons (Fsp3) is 0.111. The Morgan fingerprint density at radius 3 is 3.08 bits per heavy atom. The summed E-state index contributed by atoms with van der Waals surface area (Å²) in [6, 6.07) is 5.10. The van der Waals surface area contributed by atoms with E-state index in [1.165, 1.54) is 6.07 Å². The Labute approximate surface area is 69.1 Å². The van der Waals surface area contributed by atoms with Gasteiger partial charge in [0, 0.05) is 12.3 Å². The second-order valence-electron chi connectivity index (χ2n) is 2.77. The Balaban J connectivity index is 2.89. The van der Waals surface area contributed by atoms with Crippen LogP contribution in [-0.2, 0) is 0 Å². The monoisotopic (exact) mass is 160 g/mol. The summed E-state index contributed by atoms with van der Waals surface area (Å²) in [4.78, 5) is 17.8. The number of aryl methyl sites for hydroxylation is 1. The largest absolute Gasteiger partial charge is 0.321 e.